The van der Waals surface area contributed by atoms with Gasteiger partial charge < -0.3 is 10.1 Å². The van der Waals surface area contributed by atoms with Gasteiger partial charge in [0.1, 0.15) is 17.6 Å². The number of nitrogens with one attached hydrogen (secondary N) is 1. The zero-order chi connectivity index (χ0) is 19.3. The number of nitriles is 1. The van der Waals surface area contributed by atoms with Gasteiger partial charge in [-0.2, -0.15) is 5.26 Å². The fourth-order valence-electron chi connectivity index (χ4n) is 3.48. The molecule has 3 aromatic rings. The zero-order valence-electron chi connectivity index (χ0n) is 15.1. The largest absolute Gasteiger partial charge is 0.449 e. The summed E-state index contributed by atoms with van der Waals surface area (Å²) in [4.78, 5) is 12.7. The highest BCUT2D eigenvalue weighted by atomic mass is 32.1. The summed E-state index contributed by atoms with van der Waals surface area (Å²) < 4.78 is 5.49. The summed E-state index contributed by atoms with van der Waals surface area (Å²) in [6, 6.07) is 20.4. The van der Waals surface area contributed by atoms with Gasteiger partial charge in [0, 0.05) is 12.5 Å². The molecule has 0 saturated carbocycles. The molecule has 0 saturated heterocycles. The molecule has 0 fully saturated rings. The monoisotopic (exact) mass is 386 g/mol. The second kappa shape index (κ2) is 8.12. The summed E-state index contributed by atoms with van der Waals surface area (Å²) in [5, 5.41) is 13.5. The Balaban J connectivity index is 1.33. The lowest BCUT2D eigenvalue weighted by molar-refractivity contribution is 0.144. The predicted octanol–water partition coefficient (Wildman–Crippen LogP) is 5.17. The van der Waals surface area contributed by atoms with Gasteiger partial charge in [0.15, 0.2) is 0 Å². The van der Waals surface area contributed by atoms with Crippen LogP contribution in [0.3, 0.4) is 0 Å². The van der Waals surface area contributed by atoms with Gasteiger partial charge in [-0.3, -0.25) is 0 Å². The maximum absolute atomic E-state index is 12.1. The van der Waals surface area contributed by atoms with E-state index in [4.69, 9.17) is 10.00 Å². The number of thiophene rings is 1. The molecule has 1 aromatic heterocycles. The van der Waals surface area contributed by atoms with Gasteiger partial charge in [-0.25, -0.2) is 4.79 Å². The molecule has 1 N–H and O–H groups in total. The van der Waals surface area contributed by atoms with Gasteiger partial charge >= 0.3 is 6.09 Å². The maximum Gasteiger partial charge on any atom is 0.407 e. The molecule has 0 aliphatic heterocycles. The molecule has 4 nitrogen and oxygen atoms in total. The van der Waals surface area contributed by atoms with Crippen molar-refractivity contribution < 1.29 is 9.53 Å². The van der Waals surface area contributed by atoms with Crippen LogP contribution < -0.4 is 5.32 Å². The molecular formula is C23H18N2O2S. The third-order valence-corrected chi connectivity index (χ3v) is 5.60. The molecule has 1 aliphatic carbocycles. The van der Waals surface area contributed by atoms with Crippen LogP contribution in [0.4, 0.5) is 4.79 Å². The lowest BCUT2D eigenvalue weighted by Gasteiger charge is -2.14. The standard InChI is InChI=1S/C23H18N2O2S/c24-13-17-12-16(15-28-17)6-5-11-25-23(26)27-14-22-20-9-3-1-7-18(20)19-8-2-4-10-21(19)22/h1-10,12,15,22H,11,14H2,(H,25,26). The SMILES string of the molecule is N#Cc1cc(C=CCNC(=O)OCC2c3ccccc3-c3ccccc32)cs1. The summed E-state index contributed by atoms with van der Waals surface area (Å²) in [5.74, 6) is 0.0592. The second-order valence-electron chi connectivity index (χ2n) is 6.46. The van der Waals surface area contributed by atoms with E-state index in [1.165, 1.54) is 33.6 Å². The van der Waals surface area contributed by atoms with Crippen LogP contribution >= 0.6 is 11.3 Å². The van der Waals surface area contributed by atoms with Crippen LogP contribution in [0.2, 0.25) is 0 Å². The Morgan fingerprint density at radius 2 is 1.82 bits per heavy atom. The number of nitrogens with zero attached hydrogens (tertiary/aromatic N) is 1. The molecule has 0 atom stereocenters. The molecule has 5 heteroatoms. The molecule has 4 rings (SSSR count). The number of alkyl carbamates (subject to hydrolysis) is 1. The van der Waals surface area contributed by atoms with E-state index in [-0.39, 0.29) is 5.92 Å². The van der Waals surface area contributed by atoms with Crippen LogP contribution in [0.25, 0.3) is 17.2 Å². The molecule has 1 aliphatic rings. The van der Waals surface area contributed by atoms with Crippen LogP contribution in [-0.2, 0) is 4.74 Å². The summed E-state index contributed by atoms with van der Waals surface area (Å²) >= 11 is 1.40. The minimum atomic E-state index is -0.436. The second-order valence-corrected chi connectivity index (χ2v) is 7.38. The van der Waals surface area contributed by atoms with Crippen molar-refractivity contribution in [2.75, 3.05) is 13.2 Å². The number of carbonyl (C=O) groups excluding carboxylic acids is 1. The highest BCUT2D eigenvalue weighted by molar-refractivity contribution is 7.10. The number of amides is 1. The smallest absolute Gasteiger partial charge is 0.407 e. The molecule has 138 valence electrons. The van der Waals surface area contributed by atoms with Crippen molar-refractivity contribution in [3.63, 3.8) is 0 Å². The fraction of sp³-hybridized carbons (Fsp3) is 0.130. The Kier molecular flexibility index (Phi) is 5.22. The average molecular weight is 386 g/mol. The quantitative estimate of drug-likeness (QED) is 0.658. The van der Waals surface area contributed by atoms with Gasteiger partial charge in [0.05, 0.1) is 0 Å². The first-order valence-electron chi connectivity index (χ1n) is 9.00. The highest BCUT2D eigenvalue weighted by Crippen LogP contribution is 2.44. The Hall–Kier alpha value is -3.36. The normalized spacial score (nSPS) is 12.4. The Morgan fingerprint density at radius 1 is 1.14 bits per heavy atom. The molecule has 0 spiro atoms. The van der Waals surface area contributed by atoms with Crippen molar-refractivity contribution in [2.45, 2.75) is 5.92 Å². The van der Waals surface area contributed by atoms with Crippen LogP contribution in [0.1, 0.15) is 27.5 Å². The van der Waals surface area contributed by atoms with Gasteiger partial charge in [-0.1, -0.05) is 60.7 Å². The van der Waals surface area contributed by atoms with E-state index >= 15 is 0 Å². The van der Waals surface area contributed by atoms with Crippen molar-refractivity contribution >= 4 is 23.5 Å². The topological polar surface area (TPSA) is 62.1 Å². The van der Waals surface area contributed by atoms with Crippen LogP contribution in [0, 0.1) is 11.3 Å². The van der Waals surface area contributed by atoms with Crippen LogP contribution in [0.5, 0.6) is 0 Å². The Morgan fingerprint density at radius 3 is 2.46 bits per heavy atom. The minimum Gasteiger partial charge on any atom is -0.449 e. The molecule has 1 heterocycles. The first-order chi connectivity index (χ1) is 13.8. The van der Waals surface area contributed by atoms with Crippen molar-refractivity contribution in [1.82, 2.24) is 5.32 Å². The van der Waals surface area contributed by atoms with Crippen LogP contribution in [-0.4, -0.2) is 19.2 Å². The molecule has 1 amide bonds. The van der Waals surface area contributed by atoms with Crippen molar-refractivity contribution in [2.24, 2.45) is 0 Å². The molecule has 0 unspecified atom stereocenters. The molecule has 2 aromatic carbocycles. The fourth-order valence-corrected chi connectivity index (χ4v) is 4.15. The highest BCUT2D eigenvalue weighted by Gasteiger charge is 2.28. The van der Waals surface area contributed by atoms with E-state index in [0.717, 1.165) is 5.56 Å². The van der Waals surface area contributed by atoms with Gasteiger partial charge in [-0.15, -0.1) is 11.3 Å². The Bertz CT molecular complexity index is 1030. The van der Waals surface area contributed by atoms with E-state index in [9.17, 15) is 4.79 Å². The number of hydrogen-bond donors (Lipinski definition) is 1. The van der Waals surface area contributed by atoms with Crippen molar-refractivity contribution in [3.8, 4) is 17.2 Å². The molecule has 0 radical (unpaired) electrons. The third-order valence-electron chi connectivity index (χ3n) is 4.75. The molecular weight excluding hydrogens is 368 g/mol. The summed E-state index contributed by atoms with van der Waals surface area (Å²) in [5.41, 5.74) is 5.77. The predicted molar refractivity (Wildman–Crippen MR) is 111 cm³/mol. The average Bonchev–Trinajstić information content (AvgIpc) is 3.32. The summed E-state index contributed by atoms with van der Waals surface area (Å²) in [7, 11) is 0. The number of benzene rings is 2. The lowest BCUT2D eigenvalue weighted by Crippen LogP contribution is -2.26. The van der Waals surface area contributed by atoms with Gasteiger partial charge in [0.2, 0.25) is 0 Å². The lowest BCUT2D eigenvalue weighted by atomic mass is 9.98. The van der Waals surface area contributed by atoms with E-state index in [1.54, 1.807) is 0 Å². The first kappa shape index (κ1) is 18.0. The third kappa shape index (κ3) is 3.68. The van der Waals surface area contributed by atoms with E-state index in [1.807, 2.05) is 47.9 Å². The number of fused-ring (bicyclic) bond motifs is 3. The summed E-state index contributed by atoms with van der Waals surface area (Å²) in [6.07, 6.45) is 3.28. The molecule has 28 heavy (non-hydrogen) atoms. The van der Waals surface area contributed by atoms with Crippen molar-refractivity contribution in [3.05, 3.63) is 87.6 Å². The van der Waals surface area contributed by atoms with E-state index in [0.29, 0.717) is 18.0 Å². The first-order valence-corrected chi connectivity index (χ1v) is 9.88. The maximum atomic E-state index is 12.1. The number of ether oxygens (including phenoxy) is 1. The van der Waals surface area contributed by atoms with Crippen molar-refractivity contribution in [1.29, 1.82) is 5.26 Å². The number of hydrogen-bond acceptors (Lipinski definition) is 4. The van der Waals surface area contributed by atoms with E-state index < -0.39 is 6.09 Å². The van der Waals surface area contributed by atoms with Gasteiger partial charge in [-0.05, 0) is 39.3 Å². The van der Waals surface area contributed by atoms with Crippen LogP contribution in [0.15, 0.2) is 66.1 Å². The van der Waals surface area contributed by atoms with E-state index in [2.05, 4.69) is 35.7 Å². The summed E-state index contributed by atoms with van der Waals surface area (Å²) in [6.45, 7) is 0.675. The zero-order valence-corrected chi connectivity index (χ0v) is 15.9. The Labute approximate surface area is 167 Å². The van der Waals surface area contributed by atoms with Gasteiger partial charge in [0.25, 0.3) is 0 Å². The number of rotatable bonds is 5. The molecule has 0 bridgehead atoms. The minimum absolute atomic E-state index is 0.0592. The number of carbonyl (C=O) groups is 1.